The first-order chi connectivity index (χ1) is 67.2. The summed E-state index contributed by atoms with van der Waals surface area (Å²) in [7, 11) is 0. The predicted molar refractivity (Wildman–Crippen MR) is 608 cm³/mol. The molecule has 0 bridgehead atoms. The zero-order valence-electron chi connectivity index (χ0n) is 96.3. The average molecular weight is 1930 g/mol. The minimum Gasteiger partial charge on any atom is -0.481 e. The van der Waals surface area contributed by atoms with Gasteiger partial charge in [-0.05, 0) is 77.0 Å². The molecule has 0 rings (SSSR count). The van der Waals surface area contributed by atoms with Gasteiger partial charge in [-0.2, -0.15) is 0 Å². The van der Waals surface area contributed by atoms with Crippen molar-refractivity contribution in [3.8, 4) is 0 Å². The standard InChI is InChI=1S/C130H254O7/c1-13-25-37-49-61-73-85-97-109-125(121(131)132,110-98-86-74-62-50-38-26-14-2)129(117-105-93-81-69-57-45-33-21-9,118-106-94-82-70-58-46-34-22-10)127(113-101-89-77-65-53-41-29-17-5,114-102-90-78-66-54-42-30-18-6)123(135)137-124(136)128(115-103-91-79-67-55-43-31-19-7,116-104-92-80-68-56-44-32-20-8)130(119-107-95-83-71-59-47-35-23-11,120-108-96-84-72-60-48-36-24-12)126(122(133)134,111-99-87-75-63-51-39-27-15-3)112-100-88-76-64-52-40-28-16-4/h13-120H2,1-12H3,(H,131,132)(H,133,134). The highest BCUT2D eigenvalue weighted by molar-refractivity contribution is 5.94. The van der Waals surface area contributed by atoms with Crippen LogP contribution in [-0.2, 0) is 23.9 Å². The molecule has 0 heterocycles. The summed E-state index contributed by atoms with van der Waals surface area (Å²) in [5.41, 5.74) is -7.16. The molecule has 0 amide bonds. The van der Waals surface area contributed by atoms with Gasteiger partial charge in [0.1, 0.15) is 0 Å². The molecule has 0 radical (unpaired) electrons. The molecule has 2 N–H and O–H groups in total. The molecule has 0 aromatic rings. The van der Waals surface area contributed by atoms with Gasteiger partial charge in [0.25, 0.3) is 0 Å². The van der Waals surface area contributed by atoms with E-state index in [4.69, 9.17) is 4.74 Å². The lowest BCUT2D eigenvalue weighted by molar-refractivity contribution is -0.212. The van der Waals surface area contributed by atoms with Gasteiger partial charge >= 0.3 is 23.9 Å². The number of aliphatic carboxylic acids is 2. The molecule has 7 nitrogen and oxygen atoms in total. The molecule has 0 unspecified atom stereocenters. The highest BCUT2D eigenvalue weighted by Gasteiger charge is 2.71. The fourth-order valence-electron chi connectivity index (χ4n) is 26.1. The number of hydrogen-bond acceptors (Lipinski definition) is 5. The Morgan fingerprint density at radius 3 is 0.321 bits per heavy atom. The zero-order valence-corrected chi connectivity index (χ0v) is 96.3. The SMILES string of the molecule is CCCCCCCCCCC(CCCCCCCCCC)(C(=O)O)C(CCCCCCCCCC)(CCCCCCCCCC)C(CCCCCCCCCC)(CCCCCCCCCC)C(=O)OC(=O)C(CCCCCCCCCC)(CCCCCCCCCC)C(CCCCCCCCCC)(CCCCCCCCCC)C(CCCCCCCCCC)(CCCCCCCCCC)C(=O)O. The van der Waals surface area contributed by atoms with Gasteiger partial charge in [-0.15, -0.1) is 0 Å². The summed E-state index contributed by atoms with van der Waals surface area (Å²) in [6, 6.07) is 0. The molecule has 0 spiro atoms. The van der Waals surface area contributed by atoms with Gasteiger partial charge in [0.2, 0.25) is 0 Å². The zero-order chi connectivity index (χ0) is 100. The summed E-state index contributed by atoms with van der Waals surface area (Å²) in [6.45, 7) is 27.9. The van der Waals surface area contributed by atoms with Crippen molar-refractivity contribution in [3.05, 3.63) is 0 Å². The summed E-state index contributed by atoms with van der Waals surface area (Å²) in [5.74, 6) is -1.97. The molecule has 816 valence electrons. The van der Waals surface area contributed by atoms with E-state index in [2.05, 4.69) is 83.1 Å². The molecule has 0 aliphatic rings. The molecule has 0 atom stereocenters. The van der Waals surface area contributed by atoms with Crippen LogP contribution in [-0.4, -0.2) is 34.1 Å². The van der Waals surface area contributed by atoms with E-state index in [1.807, 2.05) is 0 Å². The van der Waals surface area contributed by atoms with Crippen LogP contribution in [0, 0.1) is 32.5 Å². The van der Waals surface area contributed by atoms with E-state index < -0.39 is 44.4 Å². The lowest BCUT2D eigenvalue weighted by Crippen LogP contribution is -2.63. The number of esters is 2. The van der Waals surface area contributed by atoms with E-state index >= 15 is 19.2 Å². The molecule has 0 aliphatic heterocycles. The number of carbonyl (C=O) groups is 4. The van der Waals surface area contributed by atoms with Gasteiger partial charge in [-0.25, -0.2) is 0 Å². The first kappa shape index (κ1) is 135. The lowest BCUT2D eigenvalue weighted by atomic mass is 9.42. The van der Waals surface area contributed by atoms with Crippen LogP contribution in [0.15, 0.2) is 0 Å². The fraction of sp³-hybridized carbons (Fsp3) is 0.969. The van der Waals surface area contributed by atoms with E-state index in [9.17, 15) is 10.2 Å². The van der Waals surface area contributed by atoms with Gasteiger partial charge in [0, 0.05) is 10.8 Å². The van der Waals surface area contributed by atoms with Crippen molar-refractivity contribution in [3.63, 3.8) is 0 Å². The molecule has 0 aliphatic carbocycles. The first-order valence-electron chi connectivity index (χ1n) is 64.4. The first-order valence-corrected chi connectivity index (χ1v) is 64.4. The largest absolute Gasteiger partial charge is 0.481 e. The van der Waals surface area contributed by atoms with E-state index in [1.54, 1.807) is 0 Å². The van der Waals surface area contributed by atoms with E-state index in [0.717, 1.165) is 257 Å². The van der Waals surface area contributed by atoms with Gasteiger partial charge in [0.15, 0.2) is 0 Å². The maximum Gasteiger partial charge on any atom is 0.320 e. The molecule has 0 saturated heterocycles. The summed E-state index contributed by atoms with van der Waals surface area (Å²) in [5, 5.41) is 27.8. The minimum atomic E-state index is -1.30. The van der Waals surface area contributed by atoms with Crippen LogP contribution < -0.4 is 0 Å². The number of ether oxygens (including phenoxy) is 1. The van der Waals surface area contributed by atoms with Crippen LogP contribution in [0.2, 0.25) is 0 Å². The Bertz CT molecular complexity index is 2230. The van der Waals surface area contributed by atoms with Gasteiger partial charge in [-0.3, -0.25) is 19.2 Å². The maximum atomic E-state index is 19.4. The summed E-state index contributed by atoms with van der Waals surface area (Å²) >= 11 is 0. The number of unbranched alkanes of at least 4 members (excludes halogenated alkanes) is 84. The fourth-order valence-corrected chi connectivity index (χ4v) is 26.1. The van der Waals surface area contributed by atoms with Crippen molar-refractivity contribution in [2.45, 2.75) is 777 Å². The Morgan fingerprint density at radius 1 is 0.131 bits per heavy atom. The predicted octanol–water partition coefficient (Wildman–Crippen LogP) is 46.5. The van der Waals surface area contributed by atoms with Crippen molar-refractivity contribution >= 4 is 23.9 Å². The van der Waals surface area contributed by atoms with Crippen molar-refractivity contribution in [2.75, 3.05) is 0 Å². The highest BCUT2D eigenvalue weighted by Crippen LogP contribution is 2.70. The van der Waals surface area contributed by atoms with Crippen molar-refractivity contribution < 1.29 is 34.1 Å². The number of carbonyl (C=O) groups excluding carboxylic acids is 2. The smallest absolute Gasteiger partial charge is 0.320 e. The molecule has 0 aromatic carbocycles. The molecule has 7 heteroatoms. The topological polar surface area (TPSA) is 118 Å². The van der Waals surface area contributed by atoms with E-state index in [-0.39, 0.29) is 11.9 Å². The summed E-state index contributed by atoms with van der Waals surface area (Å²) in [6.07, 6.45) is 116. The lowest BCUT2D eigenvalue weighted by Gasteiger charge is -2.60. The average Bonchev–Trinajstić information content (AvgIpc) is 0.702. The van der Waals surface area contributed by atoms with Crippen molar-refractivity contribution in [1.82, 2.24) is 0 Å². The van der Waals surface area contributed by atoms with Gasteiger partial charge < -0.3 is 14.9 Å². The molecule has 137 heavy (non-hydrogen) atoms. The summed E-state index contributed by atoms with van der Waals surface area (Å²) < 4.78 is 8.26. The molecule has 0 saturated carbocycles. The van der Waals surface area contributed by atoms with Crippen LogP contribution in [0.3, 0.4) is 0 Å². The van der Waals surface area contributed by atoms with Crippen LogP contribution in [0.25, 0.3) is 0 Å². The van der Waals surface area contributed by atoms with Crippen LogP contribution in [0.4, 0.5) is 0 Å². The molecular formula is C130H254O7. The van der Waals surface area contributed by atoms with Crippen molar-refractivity contribution in [1.29, 1.82) is 0 Å². The second kappa shape index (κ2) is 98.7. The third-order valence-corrected chi connectivity index (χ3v) is 34.9. The monoisotopic (exact) mass is 1930 g/mol. The minimum absolute atomic E-state index is 0.332. The summed E-state index contributed by atoms with van der Waals surface area (Å²) in [4.78, 5) is 72.9. The van der Waals surface area contributed by atoms with Crippen LogP contribution in [0.5, 0.6) is 0 Å². The third kappa shape index (κ3) is 62.1. The van der Waals surface area contributed by atoms with Crippen molar-refractivity contribution in [2.24, 2.45) is 32.5 Å². The van der Waals surface area contributed by atoms with Crippen LogP contribution in [0.1, 0.15) is 777 Å². The second-order valence-corrected chi connectivity index (χ2v) is 46.5. The third-order valence-electron chi connectivity index (χ3n) is 34.9. The molecule has 0 fully saturated rings. The van der Waals surface area contributed by atoms with E-state index in [0.29, 0.717) is 77.0 Å². The number of carboxylic acid groups (broad SMARTS) is 2. The van der Waals surface area contributed by atoms with E-state index in [1.165, 1.54) is 360 Å². The Hall–Kier alpha value is -1.92. The molecular weight excluding hydrogens is 1670 g/mol. The Kier molecular flexibility index (Phi) is 97.4. The quantitative estimate of drug-likeness (QED) is 0.0354. The van der Waals surface area contributed by atoms with Crippen LogP contribution >= 0.6 is 0 Å². The van der Waals surface area contributed by atoms with Gasteiger partial charge in [-0.1, -0.05) is 699 Å². The number of rotatable bonds is 116. The Labute approximate surface area is 861 Å². The number of hydrogen-bond donors (Lipinski definition) is 2. The molecule has 0 aromatic heterocycles. The second-order valence-electron chi connectivity index (χ2n) is 46.5. The highest BCUT2D eigenvalue weighted by atomic mass is 16.6. The Morgan fingerprint density at radius 2 is 0.219 bits per heavy atom. The Balaban J connectivity index is 11.6. The number of carboxylic acids is 2. The van der Waals surface area contributed by atoms with Gasteiger partial charge in [0.05, 0.1) is 21.7 Å². The maximum absolute atomic E-state index is 19.4. The normalized spacial score (nSPS) is 12.5.